The molecule has 15 heavy (non-hydrogen) atoms. The Labute approximate surface area is 92.6 Å². The van der Waals surface area contributed by atoms with E-state index in [2.05, 4.69) is 35.6 Å². The van der Waals surface area contributed by atoms with Crippen molar-refractivity contribution in [3.05, 3.63) is 35.9 Å². The third kappa shape index (κ3) is 4.45. The summed E-state index contributed by atoms with van der Waals surface area (Å²) >= 11 is 0. The SMILES string of the molecule is CNC(CCCCOC)c1ccccc1. The third-order valence-corrected chi connectivity index (χ3v) is 2.64. The van der Waals surface area contributed by atoms with E-state index < -0.39 is 0 Å². The van der Waals surface area contributed by atoms with E-state index in [9.17, 15) is 0 Å². The Bertz CT molecular complexity index is 248. The Morgan fingerprint density at radius 1 is 1.20 bits per heavy atom. The van der Waals surface area contributed by atoms with E-state index in [1.165, 1.54) is 18.4 Å². The molecule has 0 fully saturated rings. The molecule has 0 spiro atoms. The normalized spacial score (nSPS) is 12.7. The van der Waals surface area contributed by atoms with Gasteiger partial charge in [0.2, 0.25) is 0 Å². The molecule has 1 aromatic rings. The Balaban J connectivity index is 2.36. The van der Waals surface area contributed by atoms with E-state index in [0.717, 1.165) is 13.0 Å². The van der Waals surface area contributed by atoms with Crippen LogP contribution in [0, 0.1) is 0 Å². The Morgan fingerprint density at radius 2 is 1.93 bits per heavy atom. The lowest BCUT2D eigenvalue weighted by Gasteiger charge is -2.16. The number of hydrogen-bond acceptors (Lipinski definition) is 2. The maximum absolute atomic E-state index is 5.04. The highest BCUT2D eigenvalue weighted by molar-refractivity contribution is 5.18. The third-order valence-electron chi connectivity index (χ3n) is 2.64. The lowest BCUT2D eigenvalue weighted by molar-refractivity contribution is 0.191. The monoisotopic (exact) mass is 207 g/mol. The summed E-state index contributed by atoms with van der Waals surface area (Å²) in [7, 11) is 3.78. The van der Waals surface area contributed by atoms with Gasteiger partial charge in [-0.3, -0.25) is 0 Å². The number of nitrogens with one attached hydrogen (secondary N) is 1. The molecule has 0 radical (unpaired) electrons. The van der Waals surface area contributed by atoms with Crippen LogP contribution >= 0.6 is 0 Å². The fourth-order valence-corrected chi connectivity index (χ4v) is 1.76. The molecular weight excluding hydrogens is 186 g/mol. The van der Waals surface area contributed by atoms with Crippen molar-refractivity contribution in [3.63, 3.8) is 0 Å². The molecule has 1 unspecified atom stereocenters. The second kappa shape index (κ2) is 7.43. The molecule has 0 aliphatic carbocycles. The van der Waals surface area contributed by atoms with Gasteiger partial charge in [0.25, 0.3) is 0 Å². The summed E-state index contributed by atoms with van der Waals surface area (Å²) in [4.78, 5) is 0. The van der Waals surface area contributed by atoms with Gasteiger partial charge >= 0.3 is 0 Å². The van der Waals surface area contributed by atoms with Crippen LogP contribution in [0.2, 0.25) is 0 Å². The molecule has 2 nitrogen and oxygen atoms in total. The Hall–Kier alpha value is -0.860. The highest BCUT2D eigenvalue weighted by Gasteiger charge is 2.07. The molecule has 0 saturated heterocycles. The topological polar surface area (TPSA) is 21.3 Å². The maximum Gasteiger partial charge on any atom is 0.0462 e. The van der Waals surface area contributed by atoms with Crippen molar-refractivity contribution >= 4 is 0 Å². The highest BCUT2D eigenvalue weighted by Crippen LogP contribution is 2.18. The van der Waals surface area contributed by atoms with E-state index in [4.69, 9.17) is 4.74 Å². The van der Waals surface area contributed by atoms with Crippen molar-refractivity contribution in [3.8, 4) is 0 Å². The number of hydrogen-bond donors (Lipinski definition) is 1. The van der Waals surface area contributed by atoms with Crippen molar-refractivity contribution in [2.24, 2.45) is 0 Å². The molecule has 0 aliphatic heterocycles. The molecule has 0 heterocycles. The summed E-state index contributed by atoms with van der Waals surface area (Å²) in [6.07, 6.45) is 3.51. The molecule has 84 valence electrons. The van der Waals surface area contributed by atoms with E-state index in [1.807, 2.05) is 7.05 Å². The van der Waals surface area contributed by atoms with Gasteiger partial charge in [-0.15, -0.1) is 0 Å². The van der Waals surface area contributed by atoms with E-state index in [1.54, 1.807) is 7.11 Å². The van der Waals surface area contributed by atoms with Crippen LogP contribution in [0.5, 0.6) is 0 Å². The number of methoxy groups -OCH3 is 1. The minimum Gasteiger partial charge on any atom is -0.385 e. The lowest BCUT2D eigenvalue weighted by Crippen LogP contribution is -2.16. The molecule has 0 bridgehead atoms. The lowest BCUT2D eigenvalue weighted by atomic mass is 10.0. The largest absolute Gasteiger partial charge is 0.385 e. The zero-order valence-corrected chi connectivity index (χ0v) is 9.70. The van der Waals surface area contributed by atoms with Gasteiger partial charge in [-0.25, -0.2) is 0 Å². The molecule has 0 amide bonds. The zero-order valence-electron chi connectivity index (χ0n) is 9.70. The zero-order chi connectivity index (χ0) is 10.9. The molecule has 0 saturated carbocycles. The second-order valence-electron chi connectivity index (χ2n) is 3.74. The van der Waals surface area contributed by atoms with Crippen molar-refractivity contribution in [1.82, 2.24) is 5.32 Å². The number of rotatable bonds is 7. The van der Waals surface area contributed by atoms with Crippen LogP contribution in [0.15, 0.2) is 30.3 Å². The van der Waals surface area contributed by atoms with Gasteiger partial charge in [-0.05, 0) is 31.9 Å². The summed E-state index contributed by atoms with van der Waals surface area (Å²) in [5.74, 6) is 0. The number of ether oxygens (including phenoxy) is 1. The molecule has 1 rings (SSSR count). The fourth-order valence-electron chi connectivity index (χ4n) is 1.76. The van der Waals surface area contributed by atoms with Crippen molar-refractivity contribution in [2.45, 2.75) is 25.3 Å². The molecular formula is C13H21NO. The van der Waals surface area contributed by atoms with E-state index >= 15 is 0 Å². The summed E-state index contributed by atoms with van der Waals surface area (Å²) in [6.45, 7) is 0.866. The van der Waals surface area contributed by atoms with Gasteiger partial charge in [0.05, 0.1) is 0 Å². The smallest absolute Gasteiger partial charge is 0.0462 e. The first-order chi connectivity index (χ1) is 7.38. The van der Waals surface area contributed by atoms with Gasteiger partial charge in [0.1, 0.15) is 0 Å². The van der Waals surface area contributed by atoms with Crippen molar-refractivity contribution in [1.29, 1.82) is 0 Å². The predicted octanol–water partition coefficient (Wildman–Crippen LogP) is 2.76. The first-order valence-electron chi connectivity index (χ1n) is 5.59. The average Bonchev–Trinajstić information content (AvgIpc) is 2.30. The highest BCUT2D eigenvalue weighted by atomic mass is 16.5. The average molecular weight is 207 g/mol. The Morgan fingerprint density at radius 3 is 2.53 bits per heavy atom. The van der Waals surface area contributed by atoms with Crippen LogP contribution in [-0.4, -0.2) is 20.8 Å². The van der Waals surface area contributed by atoms with Crippen LogP contribution < -0.4 is 5.32 Å². The minimum absolute atomic E-state index is 0.475. The molecule has 0 aromatic heterocycles. The van der Waals surface area contributed by atoms with Crippen LogP contribution in [0.1, 0.15) is 30.9 Å². The van der Waals surface area contributed by atoms with E-state index in [0.29, 0.717) is 6.04 Å². The molecule has 0 aliphatic rings. The summed E-state index contributed by atoms with van der Waals surface area (Å²) < 4.78 is 5.04. The number of unbranched alkanes of at least 4 members (excludes halogenated alkanes) is 1. The van der Waals surface area contributed by atoms with Gasteiger partial charge < -0.3 is 10.1 Å². The summed E-state index contributed by atoms with van der Waals surface area (Å²) in [5, 5.41) is 3.35. The van der Waals surface area contributed by atoms with Gasteiger partial charge in [0, 0.05) is 19.8 Å². The van der Waals surface area contributed by atoms with Crippen molar-refractivity contribution in [2.75, 3.05) is 20.8 Å². The number of benzene rings is 1. The van der Waals surface area contributed by atoms with Gasteiger partial charge in [-0.2, -0.15) is 0 Å². The molecule has 2 heteroatoms. The summed E-state index contributed by atoms with van der Waals surface area (Å²) in [5.41, 5.74) is 1.37. The van der Waals surface area contributed by atoms with Crippen molar-refractivity contribution < 1.29 is 4.74 Å². The first-order valence-corrected chi connectivity index (χ1v) is 5.59. The minimum atomic E-state index is 0.475. The Kier molecular flexibility index (Phi) is 6.05. The molecule has 1 aromatic carbocycles. The first kappa shape index (κ1) is 12.2. The molecule has 1 atom stereocenters. The maximum atomic E-state index is 5.04. The second-order valence-corrected chi connectivity index (χ2v) is 3.74. The van der Waals surface area contributed by atoms with Crippen LogP contribution in [0.4, 0.5) is 0 Å². The van der Waals surface area contributed by atoms with Crippen LogP contribution in [0.3, 0.4) is 0 Å². The standard InChI is InChI=1S/C13H21NO/c1-14-13(10-6-7-11-15-2)12-8-4-3-5-9-12/h3-5,8-9,13-14H,6-7,10-11H2,1-2H3. The summed E-state index contributed by atoms with van der Waals surface area (Å²) in [6, 6.07) is 11.1. The van der Waals surface area contributed by atoms with Crippen LogP contribution in [0.25, 0.3) is 0 Å². The fraction of sp³-hybridized carbons (Fsp3) is 0.538. The predicted molar refractivity (Wildman–Crippen MR) is 64.0 cm³/mol. The quantitative estimate of drug-likeness (QED) is 0.694. The van der Waals surface area contributed by atoms with Gasteiger partial charge in [-0.1, -0.05) is 30.3 Å². The molecule has 1 N–H and O–H groups in total. The van der Waals surface area contributed by atoms with Gasteiger partial charge in [0.15, 0.2) is 0 Å². The van der Waals surface area contributed by atoms with Crippen LogP contribution in [-0.2, 0) is 4.74 Å². The van der Waals surface area contributed by atoms with E-state index in [-0.39, 0.29) is 0 Å².